The van der Waals surface area contributed by atoms with Crippen LogP contribution in [0, 0.1) is 6.92 Å². The van der Waals surface area contributed by atoms with Crippen molar-refractivity contribution in [1.82, 2.24) is 15.3 Å². The lowest BCUT2D eigenvalue weighted by molar-refractivity contribution is 0.447. The van der Waals surface area contributed by atoms with Gasteiger partial charge >= 0.3 is 0 Å². The fourth-order valence-corrected chi connectivity index (χ4v) is 2.34. The van der Waals surface area contributed by atoms with Crippen molar-refractivity contribution in [3.05, 3.63) is 29.9 Å². The Morgan fingerprint density at radius 3 is 2.82 bits per heavy atom. The maximum Gasteiger partial charge on any atom is 0.152 e. The van der Waals surface area contributed by atoms with E-state index in [9.17, 15) is 0 Å². The van der Waals surface area contributed by atoms with Gasteiger partial charge < -0.3 is 14.7 Å². The van der Waals surface area contributed by atoms with Gasteiger partial charge in [0.2, 0.25) is 0 Å². The van der Waals surface area contributed by atoms with Crippen LogP contribution in [0.4, 0.5) is 0 Å². The number of furan rings is 1. The monoisotopic (exact) mass is 231 g/mol. The number of aromatic nitrogens is 2. The molecular formula is C13H17N3O. The number of rotatable bonds is 2. The zero-order valence-corrected chi connectivity index (χ0v) is 9.99. The van der Waals surface area contributed by atoms with Crippen LogP contribution in [0.3, 0.4) is 0 Å². The summed E-state index contributed by atoms with van der Waals surface area (Å²) in [6, 6.07) is 3.95. The number of aryl methyl sites for hydroxylation is 1. The van der Waals surface area contributed by atoms with Crippen LogP contribution in [0.15, 0.2) is 22.7 Å². The average molecular weight is 231 g/mol. The van der Waals surface area contributed by atoms with Gasteiger partial charge in [0, 0.05) is 5.92 Å². The molecule has 0 atom stereocenters. The molecule has 0 radical (unpaired) electrons. The topological polar surface area (TPSA) is 53.9 Å². The standard InChI is InChI=1S/C13H17N3O/c1-9-2-3-12(17-9)11-8-15-13(16-11)10-4-6-14-7-5-10/h2-3,8,10,14H,4-7H2,1H3,(H,15,16). The Morgan fingerprint density at radius 2 is 2.12 bits per heavy atom. The Bertz CT molecular complexity index is 494. The molecule has 2 aromatic rings. The zero-order valence-electron chi connectivity index (χ0n) is 9.99. The fourth-order valence-electron chi connectivity index (χ4n) is 2.34. The number of piperidine rings is 1. The van der Waals surface area contributed by atoms with E-state index in [-0.39, 0.29) is 0 Å². The molecule has 4 nitrogen and oxygen atoms in total. The summed E-state index contributed by atoms with van der Waals surface area (Å²) in [7, 11) is 0. The first kappa shape index (κ1) is 10.6. The SMILES string of the molecule is Cc1ccc(-c2cnc(C3CCNCC3)[nH]2)o1. The second-order valence-corrected chi connectivity index (χ2v) is 4.62. The van der Waals surface area contributed by atoms with Gasteiger partial charge in [-0.05, 0) is 45.0 Å². The Balaban J connectivity index is 1.82. The van der Waals surface area contributed by atoms with E-state index in [1.807, 2.05) is 25.3 Å². The number of nitrogens with one attached hydrogen (secondary N) is 2. The van der Waals surface area contributed by atoms with Gasteiger partial charge in [-0.25, -0.2) is 4.98 Å². The van der Waals surface area contributed by atoms with Crippen LogP contribution in [0.1, 0.15) is 30.3 Å². The Morgan fingerprint density at radius 1 is 1.29 bits per heavy atom. The minimum atomic E-state index is 0.557. The highest BCUT2D eigenvalue weighted by Crippen LogP contribution is 2.26. The molecule has 0 spiro atoms. The molecule has 17 heavy (non-hydrogen) atoms. The van der Waals surface area contributed by atoms with Crippen LogP contribution in [-0.2, 0) is 0 Å². The highest BCUT2D eigenvalue weighted by Gasteiger charge is 2.18. The van der Waals surface area contributed by atoms with E-state index in [0.717, 1.165) is 49.0 Å². The lowest BCUT2D eigenvalue weighted by Gasteiger charge is -2.20. The Kier molecular flexibility index (Phi) is 2.73. The number of aromatic amines is 1. The summed E-state index contributed by atoms with van der Waals surface area (Å²) in [6.45, 7) is 4.12. The van der Waals surface area contributed by atoms with Gasteiger partial charge in [0.15, 0.2) is 5.76 Å². The quantitative estimate of drug-likeness (QED) is 0.834. The van der Waals surface area contributed by atoms with Crippen LogP contribution in [0.5, 0.6) is 0 Å². The van der Waals surface area contributed by atoms with E-state index < -0.39 is 0 Å². The number of nitrogens with zero attached hydrogens (tertiary/aromatic N) is 1. The van der Waals surface area contributed by atoms with Crippen molar-refractivity contribution in [3.63, 3.8) is 0 Å². The highest BCUT2D eigenvalue weighted by molar-refractivity contribution is 5.51. The van der Waals surface area contributed by atoms with Gasteiger partial charge in [-0.2, -0.15) is 0 Å². The third-order valence-electron chi connectivity index (χ3n) is 3.33. The van der Waals surface area contributed by atoms with Gasteiger partial charge in [0.1, 0.15) is 17.3 Å². The first-order valence-electron chi connectivity index (χ1n) is 6.15. The zero-order chi connectivity index (χ0) is 11.7. The van der Waals surface area contributed by atoms with Gasteiger partial charge in [-0.3, -0.25) is 0 Å². The second kappa shape index (κ2) is 4.37. The van der Waals surface area contributed by atoms with Gasteiger partial charge in [0.25, 0.3) is 0 Å². The normalized spacial score (nSPS) is 17.5. The summed E-state index contributed by atoms with van der Waals surface area (Å²) in [5.41, 5.74) is 0.978. The van der Waals surface area contributed by atoms with Crippen molar-refractivity contribution in [2.75, 3.05) is 13.1 Å². The average Bonchev–Trinajstić information content (AvgIpc) is 2.98. The lowest BCUT2D eigenvalue weighted by atomic mass is 9.98. The van der Waals surface area contributed by atoms with E-state index in [0.29, 0.717) is 5.92 Å². The van der Waals surface area contributed by atoms with Gasteiger partial charge in [0.05, 0.1) is 6.20 Å². The molecule has 90 valence electrons. The molecule has 0 saturated carbocycles. The third-order valence-corrected chi connectivity index (χ3v) is 3.33. The van der Waals surface area contributed by atoms with E-state index >= 15 is 0 Å². The minimum Gasteiger partial charge on any atom is -0.460 e. The predicted octanol–water partition coefficient (Wildman–Crippen LogP) is 2.45. The minimum absolute atomic E-state index is 0.557. The number of imidazole rings is 1. The highest BCUT2D eigenvalue weighted by atomic mass is 16.3. The molecule has 0 amide bonds. The number of hydrogen-bond acceptors (Lipinski definition) is 3. The van der Waals surface area contributed by atoms with Crippen LogP contribution < -0.4 is 5.32 Å². The summed E-state index contributed by atoms with van der Waals surface area (Å²) >= 11 is 0. The smallest absolute Gasteiger partial charge is 0.152 e. The lowest BCUT2D eigenvalue weighted by Crippen LogP contribution is -2.27. The summed E-state index contributed by atoms with van der Waals surface area (Å²) < 4.78 is 5.59. The largest absolute Gasteiger partial charge is 0.460 e. The third kappa shape index (κ3) is 2.13. The molecule has 1 saturated heterocycles. The maximum absolute atomic E-state index is 5.59. The maximum atomic E-state index is 5.59. The van der Waals surface area contributed by atoms with Crippen molar-refractivity contribution in [3.8, 4) is 11.5 Å². The second-order valence-electron chi connectivity index (χ2n) is 4.62. The molecule has 0 aromatic carbocycles. The summed E-state index contributed by atoms with van der Waals surface area (Å²) in [4.78, 5) is 7.86. The molecule has 3 heterocycles. The molecule has 3 rings (SSSR count). The molecule has 2 N–H and O–H groups in total. The van der Waals surface area contributed by atoms with E-state index in [1.165, 1.54) is 0 Å². The summed E-state index contributed by atoms with van der Waals surface area (Å²) in [5.74, 6) is 3.45. The van der Waals surface area contributed by atoms with Gasteiger partial charge in [-0.15, -0.1) is 0 Å². The molecule has 4 heteroatoms. The first-order chi connectivity index (χ1) is 8.33. The molecule has 0 bridgehead atoms. The van der Waals surface area contributed by atoms with Crippen LogP contribution >= 0.6 is 0 Å². The predicted molar refractivity (Wildman–Crippen MR) is 65.9 cm³/mol. The molecule has 0 unspecified atom stereocenters. The van der Waals surface area contributed by atoms with Crippen molar-refractivity contribution < 1.29 is 4.42 Å². The number of hydrogen-bond donors (Lipinski definition) is 2. The first-order valence-corrected chi connectivity index (χ1v) is 6.15. The summed E-state index contributed by atoms with van der Waals surface area (Å²) in [6.07, 6.45) is 4.18. The summed E-state index contributed by atoms with van der Waals surface area (Å²) in [5, 5.41) is 3.37. The van der Waals surface area contributed by atoms with Crippen molar-refractivity contribution >= 4 is 0 Å². The molecule has 1 fully saturated rings. The van der Waals surface area contributed by atoms with Crippen LogP contribution in [-0.4, -0.2) is 23.1 Å². The Hall–Kier alpha value is -1.55. The van der Waals surface area contributed by atoms with E-state index in [4.69, 9.17) is 4.42 Å². The number of H-pyrrole nitrogens is 1. The molecule has 1 aliphatic rings. The van der Waals surface area contributed by atoms with Crippen LogP contribution in [0.2, 0.25) is 0 Å². The molecular weight excluding hydrogens is 214 g/mol. The fraction of sp³-hybridized carbons (Fsp3) is 0.462. The Labute approximate surface area is 100 Å². The van der Waals surface area contributed by atoms with Crippen molar-refractivity contribution in [2.24, 2.45) is 0 Å². The molecule has 1 aliphatic heterocycles. The van der Waals surface area contributed by atoms with E-state index in [1.54, 1.807) is 0 Å². The van der Waals surface area contributed by atoms with Crippen LogP contribution in [0.25, 0.3) is 11.5 Å². The van der Waals surface area contributed by atoms with Crippen molar-refractivity contribution in [2.45, 2.75) is 25.7 Å². The molecule has 0 aliphatic carbocycles. The van der Waals surface area contributed by atoms with Crippen molar-refractivity contribution in [1.29, 1.82) is 0 Å². The van der Waals surface area contributed by atoms with E-state index in [2.05, 4.69) is 15.3 Å². The van der Waals surface area contributed by atoms with Gasteiger partial charge in [-0.1, -0.05) is 0 Å². The molecule has 2 aromatic heterocycles.